The minimum atomic E-state index is 0.717. The van der Waals surface area contributed by atoms with Gasteiger partial charge in [-0.25, -0.2) is 4.98 Å². The summed E-state index contributed by atoms with van der Waals surface area (Å²) in [5.74, 6) is 2.05. The Morgan fingerprint density at radius 3 is 2.75 bits per heavy atom. The van der Waals surface area contributed by atoms with E-state index >= 15 is 0 Å². The molecule has 1 fully saturated rings. The fourth-order valence-electron chi connectivity index (χ4n) is 2.94. The standard InChI is InChI=1S/C13H21N3/c1-15-8-5-11(6-9-15)12-10-16-7-3-2-4-13(16)14-12/h10-11H,2-9H2,1H3. The van der Waals surface area contributed by atoms with E-state index in [2.05, 4.69) is 22.7 Å². The molecule has 3 heterocycles. The second-order valence-corrected chi connectivity index (χ2v) is 5.31. The van der Waals surface area contributed by atoms with Crippen molar-refractivity contribution in [2.24, 2.45) is 0 Å². The molecule has 0 N–H and O–H groups in total. The molecule has 0 aliphatic carbocycles. The zero-order valence-electron chi connectivity index (χ0n) is 10.2. The second kappa shape index (κ2) is 4.21. The van der Waals surface area contributed by atoms with Crippen molar-refractivity contribution in [2.75, 3.05) is 20.1 Å². The van der Waals surface area contributed by atoms with Crippen LogP contribution in [0.1, 0.15) is 43.1 Å². The summed E-state index contributed by atoms with van der Waals surface area (Å²) in [5, 5.41) is 0. The topological polar surface area (TPSA) is 21.1 Å². The molecule has 3 nitrogen and oxygen atoms in total. The number of hydrogen-bond donors (Lipinski definition) is 0. The zero-order chi connectivity index (χ0) is 11.0. The molecule has 0 amide bonds. The van der Waals surface area contributed by atoms with Gasteiger partial charge >= 0.3 is 0 Å². The molecule has 0 spiro atoms. The third kappa shape index (κ3) is 1.88. The quantitative estimate of drug-likeness (QED) is 0.720. The van der Waals surface area contributed by atoms with E-state index in [0.717, 1.165) is 0 Å². The van der Waals surface area contributed by atoms with E-state index in [1.807, 2.05) is 0 Å². The lowest BCUT2D eigenvalue weighted by Crippen LogP contribution is -2.29. The molecule has 0 radical (unpaired) electrons. The first-order valence-corrected chi connectivity index (χ1v) is 6.57. The largest absolute Gasteiger partial charge is 0.335 e. The van der Waals surface area contributed by atoms with Crippen molar-refractivity contribution in [2.45, 2.75) is 44.6 Å². The highest BCUT2D eigenvalue weighted by Gasteiger charge is 2.22. The van der Waals surface area contributed by atoms with Gasteiger partial charge in [-0.3, -0.25) is 0 Å². The van der Waals surface area contributed by atoms with Gasteiger partial charge in [0.25, 0.3) is 0 Å². The van der Waals surface area contributed by atoms with E-state index in [1.165, 1.54) is 63.3 Å². The maximum atomic E-state index is 4.84. The number of nitrogens with zero attached hydrogens (tertiary/aromatic N) is 3. The van der Waals surface area contributed by atoms with Crippen LogP contribution in [0.4, 0.5) is 0 Å². The molecular formula is C13H21N3. The van der Waals surface area contributed by atoms with E-state index in [9.17, 15) is 0 Å². The molecule has 88 valence electrons. The van der Waals surface area contributed by atoms with Crippen molar-refractivity contribution in [3.8, 4) is 0 Å². The Morgan fingerprint density at radius 2 is 2.00 bits per heavy atom. The lowest BCUT2D eigenvalue weighted by molar-refractivity contribution is 0.253. The summed E-state index contributed by atoms with van der Waals surface area (Å²) >= 11 is 0. The zero-order valence-corrected chi connectivity index (χ0v) is 10.2. The molecule has 0 aromatic carbocycles. The SMILES string of the molecule is CN1CCC(c2cn3c(n2)CCCC3)CC1. The van der Waals surface area contributed by atoms with E-state index in [4.69, 9.17) is 4.98 Å². The molecule has 0 saturated carbocycles. The van der Waals surface area contributed by atoms with Crippen LogP contribution in [-0.4, -0.2) is 34.6 Å². The minimum absolute atomic E-state index is 0.717. The minimum Gasteiger partial charge on any atom is -0.335 e. The maximum Gasteiger partial charge on any atom is 0.108 e. The highest BCUT2D eigenvalue weighted by Crippen LogP contribution is 2.28. The molecule has 1 saturated heterocycles. The first-order valence-electron chi connectivity index (χ1n) is 6.57. The van der Waals surface area contributed by atoms with Crippen molar-refractivity contribution in [1.29, 1.82) is 0 Å². The molecule has 1 aromatic rings. The van der Waals surface area contributed by atoms with Gasteiger partial charge in [-0.1, -0.05) is 0 Å². The summed E-state index contributed by atoms with van der Waals surface area (Å²) in [6.45, 7) is 3.65. The summed E-state index contributed by atoms with van der Waals surface area (Å²) in [4.78, 5) is 7.27. The van der Waals surface area contributed by atoms with Crippen molar-refractivity contribution in [3.05, 3.63) is 17.7 Å². The van der Waals surface area contributed by atoms with Gasteiger partial charge in [0.05, 0.1) is 5.69 Å². The summed E-state index contributed by atoms with van der Waals surface area (Å²) < 4.78 is 2.39. The van der Waals surface area contributed by atoms with Gasteiger partial charge in [-0.2, -0.15) is 0 Å². The maximum absolute atomic E-state index is 4.84. The average Bonchev–Trinajstić information content (AvgIpc) is 2.73. The van der Waals surface area contributed by atoms with Crippen molar-refractivity contribution in [3.63, 3.8) is 0 Å². The number of aryl methyl sites for hydroxylation is 2. The van der Waals surface area contributed by atoms with Crippen LogP contribution in [0.15, 0.2) is 6.20 Å². The summed E-state index contributed by atoms with van der Waals surface area (Å²) in [7, 11) is 2.22. The molecule has 2 aliphatic rings. The van der Waals surface area contributed by atoms with E-state index in [-0.39, 0.29) is 0 Å². The molecular weight excluding hydrogens is 198 g/mol. The highest BCUT2D eigenvalue weighted by molar-refractivity contribution is 5.12. The Bertz CT molecular complexity index is 338. The van der Waals surface area contributed by atoms with Crippen LogP contribution in [0, 0.1) is 0 Å². The first kappa shape index (κ1) is 10.3. The molecule has 16 heavy (non-hydrogen) atoms. The van der Waals surface area contributed by atoms with Gasteiger partial charge in [0.15, 0.2) is 0 Å². The average molecular weight is 219 g/mol. The number of imidazole rings is 1. The molecule has 0 unspecified atom stereocenters. The predicted molar refractivity (Wildman–Crippen MR) is 64.6 cm³/mol. The van der Waals surface area contributed by atoms with E-state index in [1.54, 1.807) is 0 Å². The van der Waals surface area contributed by atoms with E-state index in [0.29, 0.717) is 5.92 Å². The molecule has 0 bridgehead atoms. The molecule has 0 atom stereocenters. The van der Waals surface area contributed by atoms with Crippen LogP contribution >= 0.6 is 0 Å². The van der Waals surface area contributed by atoms with Gasteiger partial charge in [0.2, 0.25) is 0 Å². The van der Waals surface area contributed by atoms with Crippen molar-refractivity contribution < 1.29 is 0 Å². The first-order chi connectivity index (χ1) is 7.83. The number of fused-ring (bicyclic) bond motifs is 1. The second-order valence-electron chi connectivity index (χ2n) is 5.31. The van der Waals surface area contributed by atoms with E-state index < -0.39 is 0 Å². The fourth-order valence-corrected chi connectivity index (χ4v) is 2.94. The van der Waals surface area contributed by atoms with Crippen LogP contribution in [0.25, 0.3) is 0 Å². The lowest BCUT2D eigenvalue weighted by atomic mass is 9.94. The highest BCUT2D eigenvalue weighted by atomic mass is 15.1. The smallest absolute Gasteiger partial charge is 0.108 e. The van der Waals surface area contributed by atoms with Gasteiger partial charge < -0.3 is 9.47 Å². The molecule has 1 aromatic heterocycles. The fraction of sp³-hybridized carbons (Fsp3) is 0.769. The Hall–Kier alpha value is -0.830. The normalized spacial score (nSPS) is 23.3. The Balaban J connectivity index is 1.76. The molecule has 2 aliphatic heterocycles. The lowest BCUT2D eigenvalue weighted by Gasteiger charge is -2.27. The Labute approximate surface area is 97.5 Å². The third-order valence-electron chi connectivity index (χ3n) is 4.06. The number of rotatable bonds is 1. The van der Waals surface area contributed by atoms with Gasteiger partial charge in [-0.15, -0.1) is 0 Å². The van der Waals surface area contributed by atoms with Crippen LogP contribution in [0.2, 0.25) is 0 Å². The number of aromatic nitrogens is 2. The van der Waals surface area contributed by atoms with Crippen LogP contribution < -0.4 is 0 Å². The Kier molecular flexibility index (Phi) is 2.72. The summed E-state index contributed by atoms with van der Waals surface area (Å²) in [6, 6.07) is 0. The number of likely N-dealkylation sites (tertiary alicyclic amines) is 1. The van der Waals surface area contributed by atoms with Crippen LogP contribution in [0.5, 0.6) is 0 Å². The molecule has 3 heteroatoms. The predicted octanol–water partition coefficient (Wildman–Crippen LogP) is 2.03. The van der Waals surface area contributed by atoms with Crippen molar-refractivity contribution in [1.82, 2.24) is 14.5 Å². The monoisotopic (exact) mass is 219 g/mol. The van der Waals surface area contributed by atoms with Crippen LogP contribution in [0.3, 0.4) is 0 Å². The number of hydrogen-bond acceptors (Lipinski definition) is 2. The van der Waals surface area contributed by atoms with Crippen LogP contribution in [-0.2, 0) is 13.0 Å². The summed E-state index contributed by atoms with van der Waals surface area (Å²) in [6.07, 6.45) is 8.73. The summed E-state index contributed by atoms with van der Waals surface area (Å²) in [5.41, 5.74) is 1.37. The number of piperidine rings is 1. The molecule has 3 rings (SSSR count). The van der Waals surface area contributed by atoms with Gasteiger partial charge in [0.1, 0.15) is 5.82 Å². The third-order valence-corrected chi connectivity index (χ3v) is 4.06. The van der Waals surface area contributed by atoms with Gasteiger partial charge in [0, 0.05) is 25.1 Å². The van der Waals surface area contributed by atoms with Crippen molar-refractivity contribution >= 4 is 0 Å². The van der Waals surface area contributed by atoms with Gasteiger partial charge in [-0.05, 0) is 45.8 Å². The Morgan fingerprint density at radius 1 is 1.19 bits per heavy atom.